The van der Waals surface area contributed by atoms with Crippen molar-refractivity contribution >= 4 is 29.3 Å². The van der Waals surface area contributed by atoms with Crippen LogP contribution in [0, 0.1) is 0 Å². The van der Waals surface area contributed by atoms with E-state index in [0.29, 0.717) is 35.0 Å². The lowest BCUT2D eigenvalue weighted by molar-refractivity contribution is -0.118. The zero-order valence-corrected chi connectivity index (χ0v) is 19.4. The number of rotatable bonds is 10. The lowest BCUT2D eigenvalue weighted by atomic mass is 10.2. The Labute approximate surface area is 203 Å². The third-order valence-electron chi connectivity index (χ3n) is 4.51. The maximum atomic E-state index is 12.5. The Hall–Kier alpha value is -4.53. The maximum absolute atomic E-state index is 12.5. The van der Waals surface area contributed by atoms with E-state index in [-0.39, 0.29) is 30.8 Å². The highest BCUT2D eigenvalue weighted by Gasteiger charge is 2.10. The number of hydrogen-bond acceptors (Lipinski definition) is 7. The second-order valence-corrected chi connectivity index (χ2v) is 7.06. The van der Waals surface area contributed by atoms with Crippen molar-refractivity contribution in [2.75, 3.05) is 30.5 Å². The Morgan fingerprint density at radius 3 is 1.91 bits per heavy atom. The number of carbonyl (C=O) groups is 3. The number of benzene rings is 3. The molecule has 0 heterocycles. The lowest BCUT2D eigenvalue weighted by Gasteiger charge is -2.12. The Balaban J connectivity index is 1.49. The molecule has 3 rings (SSSR count). The molecule has 0 saturated heterocycles. The number of para-hydroxylation sites is 2. The zero-order chi connectivity index (χ0) is 25.0. The normalized spacial score (nSPS) is 10.1. The van der Waals surface area contributed by atoms with E-state index >= 15 is 0 Å². The summed E-state index contributed by atoms with van der Waals surface area (Å²) < 4.78 is 20.7. The number of carbonyl (C=O) groups excluding carboxylic acids is 3. The van der Waals surface area contributed by atoms with Crippen molar-refractivity contribution in [3.8, 4) is 17.2 Å². The SMILES string of the molecule is CCOC(=O)Oc1ccc(C(=O)Nc2ccc(NC(=O)COc3ccccc3OCC)cc2)cc1. The first-order valence-corrected chi connectivity index (χ1v) is 11.0. The molecule has 9 nitrogen and oxygen atoms in total. The molecule has 0 aliphatic heterocycles. The Morgan fingerprint density at radius 2 is 1.31 bits per heavy atom. The minimum Gasteiger partial charge on any atom is -0.490 e. The molecule has 2 amide bonds. The molecule has 2 N–H and O–H groups in total. The van der Waals surface area contributed by atoms with Crippen LogP contribution < -0.4 is 24.8 Å². The molecule has 0 radical (unpaired) electrons. The molecule has 0 aliphatic carbocycles. The summed E-state index contributed by atoms with van der Waals surface area (Å²) in [4.78, 5) is 36.1. The number of nitrogens with one attached hydrogen (secondary N) is 2. The molecule has 0 atom stereocenters. The summed E-state index contributed by atoms with van der Waals surface area (Å²) in [6.45, 7) is 4.06. The number of ether oxygens (including phenoxy) is 4. The number of amides is 2. The van der Waals surface area contributed by atoms with Gasteiger partial charge in [-0.1, -0.05) is 12.1 Å². The van der Waals surface area contributed by atoms with Gasteiger partial charge in [0, 0.05) is 16.9 Å². The highest BCUT2D eigenvalue weighted by Crippen LogP contribution is 2.26. The van der Waals surface area contributed by atoms with Crippen molar-refractivity contribution in [1.82, 2.24) is 0 Å². The van der Waals surface area contributed by atoms with Crippen LogP contribution in [0.5, 0.6) is 17.2 Å². The average molecular weight is 479 g/mol. The third-order valence-corrected chi connectivity index (χ3v) is 4.51. The van der Waals surface area contributed by atoms with Gasteiger partial charge in [-0.15, -0.1) is 0 Å². The van der Waals surface area contributed by atoms with Crippen LogP contribution in [0.25, 0.3) is 0 Å². The van der Waals surface area contributed by atoms with Crippen LogP contribution in [-0.4, -0.2) is 37.8 Å². The highest BCUT2D eigenvalue weighted by molar-refractivity contribution is 6.04. The van der Waals surface area contributed by atoms with Gasteiger partial charge >= 0.3 is 6.16 Å². The van der Waals surface area contributed by atoms with E-state index in [4.69, 9.17) is 18.9 Å². The Morgan fingerprint density at radius 1 is 0.714 bits per heavy atom. The summed E-state index contributed by atoms with van der Waals surface area (Å²) in [5.74, 6) is 0.654. The van der Waals surface area contributed by atoms with Crippen LogP contribution in [-0.2, 0) is 9.53 Å². The quantitative estimate of drug-likeness (QED) is 0.315. The Bertz CT molecular complexity index is 1150. The fourth-order valence-corrected chi connectivity index (χ4v) is 2.94. The Kier molecular flexibility index (Phi) is 9.07. The summed E-state index contributed by atoms with van der Waals surface area (Å²) in [6.07, 6.45) is -0.807. The van der Waals surface area contributed by atoms with Crippen LogP contribution in [0.15, 0.2) is 72.8 Å². The standard InChI is InChI=1S/C26H26N2O7/c1-3-32-22-7-5-6-8-23(22)34-17-24(29)27-19-11-13-20(14-12-19)28-25(30)18-9-15-21(16-10-18)35-26(31)33-4-2/h5-16H,3-4,17H2,1-2H3,(H,27,29)(H,28,30). The van der Waals surface area contributed by atoms with Gasteiger partial charge in [-0.2, -0.15) is 0 Å². The van der Waals surface area contributed by atoms with Gasteiger partial charge in [-0.05, 0) is 74.5 Å². The molecule has 3 aromatic carbocycles. The predicted molar refractivity (Wildman–Crippen MR) is 130 cm³/mol. The molecular formula is C26H26N2O7. The van der Waals surface area contributed by atoms with E-state index in [1.165, 1.54) is 24.3 Å². The van der Waals surface area contributed by atoms with Gasteiger partial charge in [0.1, 0.15) is 5.75 Å². The highest BCUT2D eigenvalue weighted by atomic mass is 16.7. The number of hydrogen-bond donors (Lipinski definition) is 2. The molecule has 0 spiro atoms. The van der Waals surface area contributed by atoms with Gasteiger partial charge in [0.15, 0.2) is 18.1 Å². The van der Waals surface area contributed by atoms with Crippen molar-refractivity contribution in [2.45, 2.75) is 13.8 Å². The molecule has 0 bridgehead atoms. The summed E-state index contributed by atoms with van der Waals surface area (Å²) in [7, 11) is 0. The first-order valence-electron chi connectivity index (χ1n) is 11.0. The molecule has 0 aliphatic rings. The van der Waals surface area contributed by atoms with Crippen molar-refractivity contribution in [1.29, 1.82) is 0 Å². The first-order chi connectivity index (χ1) is 17.0. The summed E-state index contributed by atoms with van der Waals surface area (Å²) >= 11 is 0. The van der Waals surface area contributed by atoms with Gasteiger partial charge in [0.2, 0.25) is 0 Å². The largest absolute Gasteiger partial charge is 0.513 e. The molecular weight excluding hydrogens is 452 g/mol. The van der Waals surface area contributed by atoms with E-state index in [2.05, 4.69) is 10.6 Å². The molecule has 9 heteroatoms. The van der Waals surface area contributed by atoms with E-state index < -0.39 is 6.16 Å². The van der Waals surface area contributed by atoms with Crippen LogP contribution in [0.4, 0.5) is 16.2 Å². The zero-order valence-electron chi connectivity index (χ0n) is 19.4. The molecule has 182 valence electrons. The molecule has 0 unspecified atom stereocenters. The van der Waals surface area contributed by atoms with Crippen LogP contribution >= 0.6 is 0 Å². The van der Waals surface area contributed by atoms with E-state index in [0.717, 1.165) is 0 Å². The van der Waals surface area contributed by atoms with Crippen molar-refractivity contribution in [3.63, 3.8) is 0 Å². The third kappa shape index (κ3) is 7.78. The molecule has 3 aromatic rings. The van der Waals surface area contributed by atoms with Crippen LogP contribution in [0.3, 0.4) is 0 Å². The first kappa shape index (κ1) is 25.1. The fourth-order valence-electron chi connectivity index (χ4n) is 2.94. The van der Waals surface area contributed by atoms with Gasteiger partial charge in [0.05, 0.1) is 13.2 Å². The van der Waals surface area contributed by atoms with E-state index in [9.17, 15) is 14.4 Å². The molecule has 0 saturated carbocycles. The second kappa shape index (κ2) is 12.6. The number of anilines is 2. The smallest absolute Gasteiger partial charge is 0.490 e. The monoisotopic (exact) mass is 478 g/mol. The van der Waals surface area contributed by atoms with Gasteiger partial charge in [-0.3, -0.25) is 9.59 Å². The molecule has 35 heavy (non-hydrogen) atoms. The van der Waals surface area contributed by atoms with Crippen LogP contribution in [0.2, 0.25) is 0 Å². The summed E-state index contributed by atoms with van der Waals surface area (Å²) in [5, 5.41) is 5.50. The van der Waals surface area contributed by atoms with Gasteiger partial charge in [-0.25, -0.2) is 4.79 Å². The van der Waals surface area contributed by atoms with Gasteiger partial charge < -0.3 is 29.6 Å². The van der Waals surface area contributed by atoms with Gasteiger partial charge in [0.25, 0.3) is 11.8 Å². The minimum atomic E-state index is -0.807. The lowest BCUT2D eigenvalue weighted by Crippen LogP contribution is -2.20. The summed E-state index contributed by atoms with van der Waals surface area (Å²) in [6, 6.07) is 19.8. The van der Waals surface area contributed by atoms with Crippen molar-refractivity contribution < 1.29 is 33.3 Å². The van der Waals surface area contributed by atoms with E-state index in [1.54, 1.807) is 49.4 Å². The maximum Gasteiger partial charge on any atom is 0.513 e. The second-order valence-electron chi connectivity index (χ2n) is 7.06. The minimum absolute atomic E-state index is 0.182. The predicted octanol–water partition coefficient (Wildman–Crippen LogP) is 4.89. The van der Waals surface area contributed by atoms with E-state index in [1.807, 2.05) is 13.0 Å². The van der Waals surface area contributed by atoms with Crippen molar-refractivity contribution in [2.24, 2.45) is 0 Å². The summed E-state index contributed by atoms with van der Waals surface area (Å²) in [5.41, 5.74) is 1.47. The topological polar surface area (TPSA) is 112 Å². The molecule has 0 aromatic heterocycles. The molecule has 0 fully saturated rings. The fraction of sp³-hybridized carbons (Fsp3) is 0.192. The van der Waals surface area contributed by atoms with Crippen LogP contribution in [0.1, 0.15) is 24.2 Å². The van der Waals surface area contributed by atoms with Crippen molar-refractivity contribution in [3.05, 3.63) is 78.4 Å². The average Bonchev–Trinajstić information content (AvgIpc) is 2.85.